The molecule has 29 heavy (non-hydrogen) atoms. The number of amides is 2. The quantitative estimate of drug-likeness (QED) is 0.846. The van der Waals surface area contributed by atoms with E-state index in [9.17, 15) is 9.59 Å². The van der Waals surface area contributed by atoms with Crippen LogP contribution in [0.1, 0.15) is 36.8 Å². The average Bonchev–Trinajstić information content (AvgIpc) is 3.10. The van der Waals surface area contributed by atoms with Crippen LogP contribution in [0.2, 0.25) is 0 Å². The molecule has 2 aromatic carbocycles. The smallest absolute Gasteiger partial charge is 0.229 e. The molecule has 0 radical (unpaired) electrons. The van der Waals surface area contributed by atoms with Crippen LogP contribution in [0.4, 0.5) is 17.1 Å². The van der Waals surface area contributed by atoms with E-state index in [4.69, 9.17) is 0 Å². The molecule has 0 saturated carbocycles. The number of anilines is 3. The summed E-state index contributed by atoms with van der Waals surface area (Å²) in [5.41, 5.74) is 5.12. The molecule has 4 rings (SSSR count). The predicted molar refractivity (Wildman–Crippen MR) is 118 cm³/mol. The third-order valence-electron chi connectivity index (χ3n) is 5.87. The van der Waals surface area contributed by atoms with Gasteiger partial charge in [0.25, 0.3) is 0 Å². The molecule has 1 atom stereocenters. The number of piperidine rings is 1. The Hall–Kier alpha value is -2.82. The third kappa shape index (κ3) is 4.44. The van der Waals surface area contributed by atoms with Gasteiger partial charge in [0.2, 0.25) is 11.8 Å². The van der Waals surface area contributed by atoms with Crippen LogP contribution in [0.5, 0.6) is 0 Å². The lowest BCUT2D eigenvalue weighted by Gasteiger charge is -2.28. The standard InChI is InChI=1S/C24H29N3O2/c1-17-12-18(2)14-22(13-17)27-16-19(15-23(27)28)24(29)25-20-6-8-21(9-7-20)26-10-4-3-5-11-26/h6-9,12-14,19H,3-5,10-11,15-16H2,1-2H3,(H,25,29). The van der Waals surface area contributed by atoms with Crippen molar-refractivity contribution in [3.05, 3.63) is 53.6 Å². The number of carbonyl (C=O) groups excluding carboxylic acids is 2. The van der Waals surface area contributed by atoms with Crippen molar-refractivity contribution in [2.45, 2.75) is 39.5 Å². The zero-order valence-electron chi connectivity index (χ0n) is 17.3. The van der Waals surface area contributed by atoms with Crippen LogP contribution >= 0.6 is 0 Å². The Morgan fingerprint density at radius 2 is 1.59 bits per heavy atom. The maximum Gasteiger partial charge on any atom is 0.229 e. The van der Waals surface area contributed by atoms with Gasteiger partial charge in [0.15, 0.2) is 0 Å². The molecule has 0 spiro atoms. The van der Waals surface area contributed by atoms with E-state index in [0.717, 1.165) is 35.6 Å². The van der Waals surface area contributed by atoms with Gasteiger partial charge in [-0.15, -0.1) is 0 Å². The van der Waals surface area contributed by atoms with E-state index in [1.165, 1.54) is 24.9 Å². The second kappa shape index (κ2) is 8.27. The Morgan fingerprint density at radius 1 is 0.931 bits per heavy atom. The summed E-state index contributed by atoms with van der Waals surface area (Å²) in [5, 5.41) is 2.99. The minimum Gasteiger partial charge on any atom is -0.372 e. The molecule has 0 bridgehead atoms. The Bertz CT molecular complexity index is 881. The van der Waals surface area contributed by atoms with E-state index in [2.05, 4.69) is 28.4 Å². The summed E-state index contributed by atoms with van der Waals surface area (Å²) < 4.78 is 0. The first kappa shape index (κ1) is 19.5. The fourth-order valence-corrected chi connectivity index (χ4v) is 4.39. The van der Waals surface area contributed by atoms with Crippen molar-refractivity contribution < 1.29 is 9.59 Å². The number of hydrogen-bond acceptors (Lipinski definition) is 3. The van der Waals surface area contributed by atoms with E-state index in [0.29, 0.717) is 6.54 Å². The molecule has 2 heterocycles. The minimum absolute atomic E-state index is 0.00981. The molecule has 2 aliphatic rings. The Kier molecular flexibility index (Phi) is 5.56. The van der Waals surface area contributed by atoms with Crippen molar-refractivity contribution >= 4 is 28.9 Å². The first-order chi connectivity index (χ1) is 14.0. The molecular weight excluding hydrogens is 362 g/mol. The van der Waals surface area contributed by atoms with Gasteiger partial charge in [0, 0.05) is 43.1 Å². The molecule has 2 fully saturated rings. The molecule has 2 amide bonds. The number of carbonyl (C=O) groups is 2. The maximum absolute atomic E-state index is 12.8. The summed E-state index contributed by atoms with van der Waals surface area (Å²) in [5.74, 6) is -0.406. The minimum atomic E-state index is -0.329. The van der Waals surface area contributed by atoms with Crippen molar-refractivity contribution in [2.24, 2.45) is 5.92 Å². The summed E-state index contributed by atoms with van der Waals surface area (Å²) in [6.07, 6.45) is 4.05. The van der Waals surface area contributed by atoms with Crippen LogP contribution < -0.4 is 15.1 Å². The van der Waals surface area contributed by atoms with E-state index < -0.39 is 0 Å². The molecule has 0 aromatic heterocycles. The van der Waals surface area contributed by atoms with Crippen LogP contribution in [0.3, 0.4) is 0 Å². The topological polar surface area (TPSA) is 52.7 Å². The molecule has 152 valence electrons. The molecule has 2 saturated heterocycles. The van der Waals surface area contributed by atoms with Crippen molar-refractivity contribution in [1.82, 2.24) is 0 Å². The predicted octanol–water partition coefficient (Wildman–Crippen LogP) is 4.29. The largest absolute Gasteiger partial charge is 0.372 e. The summed E-state index contributed by atoms with van der Waals surface area (Å²) in [6.45, 7) is 6.68. The second-order valence-corrected chi connectivity index (χ2v) is 8.34. The highest BCUT2D eigenvalue weighted by Gasteiger charge is 2.35. The maximum atomic E-state index is 12.8. The number of hydrogen-bond donors (Lipinski definition) is 1. The zero-order valence-corrected chi connectivity index (χ0v) is 17.3. The summed E-state index contributed by atoms with van der Waals surface area (Å²) >= 11 is 0. The van der Waals surface area contributed by atoms with Gasteiger partial charge >= 0.3 is 0 Å². The fourth-order valence-electron chi connectivity index (χ4n) is 4.39. The third-order valence-corrected chi connectivity index (χ3v) is 5.87. The van der Waals surface area contributed by atoms with Crippen LogP contribution in [-0.2, 0) is 9.59 Å². The summed E-state index contributed by atoms with van der Waals surface area (Å²) in [7, 11) is 0. The first-order valence-corrected chi connectivity index (χ1v) is 10.5. The first-order valence-electron chi connectivity index (χ1n) is 10.5. The molecule has 1 N–H and O–H groups in total. The lowest BCUT2D eigenvalue weighted by atomic mass is 10.1. The van der Waals surface area contributed by atoms with Gasteiger partial charge in [0.1, 0.15) is 0 Å². The van der Waals surface area contributed by atoms with Crippen LogP contribution in [0.25, 0.3) is 0 Å². The lowest BCUT2D eigenvalue weighted by Crippen LogP contribution is -2.29. The van der Waals surface area contributed by atoms with Gasteiger partial charge in [-0.1, -0.05) is 6.07 Å². The molecular formula is C24H29N3O2. The van der Waals surface area contributed by atoms with Crippen LogP contribution in [0.15, 0.2) is 42.5 Å². The van der Waals surface area contributed by atoms with Crippen molar-refractivity contribution in [3.63, 3.8) is 0 Å². The normalized spacial score (nSPS) is 19.5. The van der Waals surface area contributed by atoms with Crippen LogP contribution in [0, 0.1) is 19.8 Å². The zero-order chi connectivity index (χ0) is 20.4. The van der Waals surface area contributed by atoms with Gasteiger partial charge in [-0.3, -0.25) is 9.59 Å². The average molecular weight is 392 g/mol. The molecule has 5 heteroatoms. The monoisotopic (exact) mass is 391 g/mol. The van der Waals surface area contributed by atoms with Crippen molar-refractivity contribution in [1.29, 1.82) is 0 Å². The lowest BCUT2D eigenvalue weighted by molar-refractivity contribution is -0.122. The summed E-state index contributed by atoms with van der Waals surface area (Å²) in [4.78, 5) is 29.4. The van der Waals surface area contributed by atoms with Gasteiger partial charge in [0.05, 0.1) is 5.92 Å². The van der Waals surface area contributed by atoms with Gasteiger partial charge in [-0.2, -0.15) is 0 Å². The highest BCUT2D eigenvalue weighted by Crippen LogP contribution is 2.28. The second-order valence-electron chi connectivity index (χ2n) is 8.34. The Morgan fingerprint density at radius 3 is 2.24 bits per heavy atom. The Balaban J connectivity index is 1.39. The number of nitrogens with zero attached hydrogens (tertiary/aromatic N) is 2. The molecule has 0 aliphatic carbocycles. The number of benzene rings is 2. The highest BCUT2D eigenvalue weighted by molar-refractivity contribution is 6.03. The molecule has 1 unspecified atom stereocenters. The van der Waals surface area contributed by atoms with Crippen molar-refractivity contribution in [3.8, 4) is 0 Å². The number of nitrogens with one attached hydrogen (secondary N) is 1. The van der Waals surface area contributed by atoms with E-state index >= 15 is 0 Å². The van der Waals surface area contributed by atoms with Gasteiger partial charge < -0.3 is 15.1 Å². The molecule has 2 aliphatic heterocycles. The van der Waals surface area contributed by atoms with E-state index in [-0.39, 0.29) is 24.2 Å². The van der Waals surface area contributed by atoms with Crippen molar-refractivity contribution in [2.75, 3.05) is 34.8 Å². The highest BCUT2D eigenvalue weighted by atomic mass is 16.2. The Labute approximate surface area is 172 Å². The SMILES string of the molecule is Cc1cc(C)cc(N2CC(C(=O)Nc3ccc(N4CCCCC4)cc3)CC2=O)c1. The van der Waals surface area contributed by atoms with E-state index in [1.54, 1.807) is 4.90 Å². The van der Waals surface area contributed by atoms with Gasteiger partial charge in [-0.25, -0.2) is 0 Å². The van der Waals surface area contributed by atoms with E-state index in [1.807, 2.05) is 38.1 Å². The van der Waals surface area contributed by atoms with Gasteiger partial charge in [-0.05, 0) is 80.6 Å². The molecule has 5 nitrogen and oxygen atoms in total. The fraction of sp³-hybridized carbons (Fsp3) is 0.417. The number of rotatable bonds is 4. The molecule has 2 aromatic rings. The summed E-state index contributed by atoms with van der Waals surface area (Å²) in [6, 6.07) is 14.2. The number of aryl methyl sites for hydroxylation is 2. The van der Waals surface area contributed by atoms with Crippen LogP contribution in [-0.4, -0.2) is 31.4 Å².